The molecule has 128 valence electrons. The lowest BCUT2D eigenvalue weighted by molar-refractivity contribution is -0.130. The van der Waals surface area contributed by atoms with Gasteiger partial charge < -0.3 is 9.47 Å². The smallest absolute Gasteiger partial charge is 0.224 e. The van der Waals surface area contributed by atoms with Crippen LogP contribution in [0.1, 0.15) is 41.4 Å². The van der Waals surface area contributed by atoms with E-state index in [-0.39, 0.29) is 12.1 Å². The number of carbonyl (C=O) groups is 1. The molecule has 0 spiro atoms. The second kappa shape index (κ2) is 6.07. The van der Waals surface area contributed by atoms with Crippen LogP contribution in [0.15, 0.2) is 48.5 Å². The predicted octanol–water partition coefficient (Wildman–Crippen LogP) is 4.89. The van der Waals surface area contributed by atoms with Crippen LogP contribution >= 0.6 is 0 Å². The zero-order chi connectivity index (χ0) is 17.6. The second-order valence-electron chi connectivity index (χ2n) is 7.13. The van der Waals surface area contributed by atoms with Gasteiger partial charge in [-0.05, 0) is 50.5 Å². The second-order valence-corrected chi connectivity index (χ2v) is 7.13. The molecule has 0 N–H and O–H groups in total. The van der Waals surface area contributed by atoms with Crippen molar-refractivity contribution in [1.82, 2.24) is 9.47 Å². The molecule has 0 saturated carbocycles. The van der Waals surface area contributed by atoms with Gasteiger partial charge in [0.15, 0.2) is 0 Å². The summed E-state index contributed by atoms with van der Waals surface area (Å²) in [5.41, 5.74) is 6.27. The molecule has 2 heterocycles. The van der Waals surface area contributed by atoms with Gasteiger partial charge in [-0.25, -0.2) is 0 Å². The summed E-state index contributed by atoms with van der Waals surface area (Å²) in [6.45, 7) is 7.17. The molecule has 3 heteroatoms. The van der Waals surface area contributed by atoms with E-state index >= 15 is 0 Å². The molecule has 0 aliphatic carbocycles. The fraction of sp³-hybridized carbons (Fsp3) is 0.318. The van der Waals surface area contributed by atoms with E-state index in [0.29, 0.717) is 13.0 Å². The lowest BCUT2D eigenvalue weighted by Gasteiger charge is -2.28. The van der Waals surface area contributed by atoms with E-state index in [0.717, 1.165) is 6.42 Å². The molecule has 3 nitrogen and oxygen atoms in total. The number of hydrogen-bond acceptors (Lipinski definition) is 1. The van der Waals surface area contributed by atoms with Gasteiger partial charge in [-0.15, -0.1) is 0 Å². The van der Waals surface area contributed by atoms with Crippen molar-refractivity contribution >= 4 is 16.8 Å². The van der Waals surface area contributed by atoms with Gasteiger partial charge in [-0.1, -0.05) is 42.0 Å². The highest BCUT2D eigenvalue weighted by Gasteiger charge is 2.34. The van der Waals surface area contributed by atoms with Crippen molar-refractivity contribution in [2.75, 3.05) is 0 Å². The number of benzene rings is 2. The van der Waals surface area contributed by atoms with Crippen molar-refractivity contribution in [3.05, 3.63) is 70.9 Å². The van der Waals surface area contributed by atoms with E-state index in [1.165, 1.54) is 33.3 Å². The number of aromatic nitrogens is 1. The normalized spacial score (nSPS) is 17.6. The van der Waals surface area contributed by atoms with Crippen molar-refractivity contribution < 1.29 is 4.79 Å². The average molecular weight is 332 g/mol. The number of amides is 1. The van der Waals surface area contributed by atoms with Crippen LogP contribution in [0.2, 0.25) is 0 Å². The van der Waals surface area contributed by atoms with E-state index in [4.69, 9.17) is 0 Å². The summed E-state index contributed by atoms with van der Waals surface area (Å²) < 4.78 is 2.37. The zero-order valence-corrected chi connectivity index (χ0v) is 15.1. The number of hydrogen-bond donors (Lipinski definition) is 0. The molecule has 1 aliphatic heterocycles. The zero-order valence-electron chi connectivity index (χ0n) is 15.1. The van der Waals surface area contributed by atoms with Crippen LogP contribution in [0.25, 0.3) is 10.9 Å². The number of rotatable bonds is 3. The van der Waals surface area contributed by atoms with Crippen LogP contribution < -0.4 is 0 Å². The molecule has 1 amide bonds. The van der Waals surface area contributed by atoms with Crippen molar-refractivity contribution in [2.24, 2.45) is 0 Å². The maximum Gasteiger partial charge on any atom is 0.224 e. The molecule has 1 aromatic heterocycles. The Hall–Kier alpha value is -2.55. The Balaban J connectivity index is 1.79. The minimum absolute atomic E-state index is 0.103. The SMILES string of the molecule is Cc1ccc2c(c1)c(C)c(C)n2[C@@H]1CCC(=O)N1Cc1ccccc1. The largest absolute Gasteiger partial charge is 0.324 e. The molecule has 1 saturated heterocycles. The quantitative estimate of drug-likeness (QED) is 0.670. The molecular formula is C22H24N2O. The highest BCUT2D eigenvalue weighted by Crippen LogP contribution is 2.36. The summed E-state index contributed by atoms with van der Waals surface area (Å²) >= 11 is 0. The van der Waals surface area contributed by atoms with Gasteiger partial charge >= 0.3 is 0 Å². The summed E-state index contributed by atoms with van der Waals surface area (Å²) in [6, 6.07) is 16.9. The van der Waals surface area contributed by atoms with E-state index in [9.17, 15) is 4.79 Å². The van der Waals surface area contributed by atoms with Crippen LogP contribution in [-0.2, 0) is 11.3 Å². The minimum atomic E-state index is 0.103. The standard InChI is InChI=1S/C22H24N2O/c1-15-9-10-20-19(13-15)16(2)17(3)24(20)21-11-12-22(25)23(21)14-18-7-5-4-6-8-18/h4-10,13,21H,11-12,14H2,1-3H3/t21-/m1/s1. The lowest BCUT2D eigenvalue weighted by atomic mass is 10.1. The van der Waals surface area contributed by atoms with Crippen LogP contribution in [0.5, 0.6) is 0 Å². The molecule has 0 radical (unpaired) electrons. The number of carbonyl (C=O) groups excluding carboxylic acids is 1. The first kappa shape index (κ1) is 15.9. The fourth-order valence-electron chi connectivity index (χ4n) is 4.06. The Bertz CT molecular complexity index is 940. The lowest BCUT2D eigenvalue weighted by Crippen LogP contribution is -2.31. The summed E-state index contributed by atoms with van der Waals surface area (Å²) in [6.07, 6.45) is 1.61. The Morgan fingerprint density at radius 2 is 1.80 bits per heavy atom. The van der Waals surface area contributed by atoms with Crippen molar-refractivity contribution in [1.29, 1.82) is 0 Å². The molecular weight excluding hydrogens is 308 g/mol. The maximum absolute atomic E-state index is 12.6. The van der Waals surface area contributed by atoms with Crippen molar-refractivity contribution in [3.8, 4) is 0 Å². The molecule has 0 unspecified atom stereocenters. The summed E-state index contributed by atoms with van der Waals surface area (Å²) in [5.74, 6) is 0.250. The van der Waals surface area contributed by atoms with Gasteiger partial charge in [0.2, 0.25) is 5.91 Å². The highest BCUT2D eigenvalue weighted by molar-refractivity contribution is 5.87. The number of likely N-dealkylation sites (tertiary alicyclic amines) is 1. The van der Waals surface area contributed by atoms with E-state index < -0.39 is 0 Å². The Morgan fingerprint density at radius 3 is 2.56 bits per heavy atom. The Morgan fingerprint density at radius 1 is 1.04 bits per heavy atom. The van der Waals surface area contributed by atoms with Gasteiger partial charge in [0.1, 0.15) is 6.17 Å². The first-order chi connectivity index (χ1) is 12.1. The molecule has 2 aromatic carbocycles. The van der Waals surface area contributed by atoms with Crippen molar-refractivity contribution in [3.63, 3.8) is 0 Å². The Labute approximate surface area is 148 Å². The summed E-state index contributed by atoms with van der Waals surface area (Å²) in [4.78, 5) is 14.6. The molecule has 4 rings (SSSR count). The minimum Gasteiger partial charge on any atom is -0.324 e. The van der Waals surface area contributed by atoms with Crippen LogP contribution in [0.3, 0.4) is 0 Å². The third-order valence-corrected chi connectivity index (χ3v) is 5.51. The molecule has 1 atom stereocenters. The first-order valence-corrected chi connectivity index (χ1v) is 8.97. The first-order valence-electron chi connectivity index (χ1n) is 8.97. The van der Waals surface area contributed by atoms with Crippen LogP contribution in [0.4, 0.5) is 0 Å². The molecule has 3 aromatic rings. The highest BCUT2D eigenvalue weighted by atomic mass is 16.2. The van der Waals surface area contributed by atoms with Crippen LogP contribution in [0, 0.1) is 20.8 Å². The number of aryl methyl sites for hydroxylation is 2. The topological polar surface area (TPSA) is 25.2 Å². The summed E-state index contributed by atoms with van der Waals surface area (Å²) in [5, 5.41) is 1.30. The van der Waals surface area contributed by atoms with Crippen molar-refractivity contribution in [2.45, 2.75) is 46.3 Å². The van der Waals surface area contributed by atoms with Gasteiger partial charge in [-0.3, -0.25) is 4.79 Å². The maximum atomic E-state index is 12.6. The monoisotopic (exact) mass is 332 g/mol. The van der Waals surface area contributed by atoms with Gasteiger partial charge in [0.05, 0.1) is 5.52 Å². The number of nitrogens with zero attached hydrogens (tertiary/aromatic N) is 2. The molecule has 1 aliphatic rings. The average Bonchev–Trinajstić information content (AvgIpc) is 3.08. The van der Waals surface area contributed by atoms with Gasteiger partial charge in [0.25, 0.3) is 0 Å². The fourth-order valence-corrected chi connectivity index (χ4v) is 4.06. The summed E-state index contributed by atoms with van der Waals surface area (Å²) in [7, 11) is 0. The van der Waals surface area contributed by atoms with E-state index in [1.54, 1.807) is 0 Å². The third-order valence-electron chi connectivity index (χ3n) is 5.51. The van der Waals surface area contributed by atoms with Crippen LogP contribution in [-0.4, -0.2) is 15.4 Å². The van der Waals surface area contributed by atoms with E-state index in [2.05, 4.69) is 55.7 Å². The molecule has 0 bridgehead atoms. The predicted molar refractivity (Wildman–Crippen MR) is 101 cm³/mol. The van der Waals surface area contributed by atoms with E-state index in [1.807, 2.05) is 23.1 Å². The molecule has 25 heavy (non-hydrogen) atoms. The van der Waals surface area contributed by atoms with Gasteiger partial charge in [-0.2, -0.15) is 0 Å². The number of fused-ring (bicyclic) bond motifs is 1. The molecule has 1 fully saturated rings. The third kappa shape index (κ3) is 2.64. The Kier molecular flexibility index (Phi) is 3.87. The van der Waals surface area contributed by atoms with Gasteiger partial charge in [0, 0.05) is 24.0 Å².